The third-order valence-corrected chi connectivity index (χ3v) is 3.17. The third kappa shape index (κ3) is 2.76. The maximum Gasteiger partial charge on any atom is 0.263 e. The van der Waals surface area contributed by atoms with E-state index in [2.05, 4.69) is 25.9 Å². The minimum absolute atomic E-state index is 0.410. The number of hydrogen-bond acceptors (Lipinski definition) is 5. The van der Waals surface area contributed by atoms with Crippen LogP contribution in [0.4, 0.5) is 5.95 Å². The highest BCUT2D eigenvalue weighted by Gasteiger charge is 2.09. The molecular weight excluding hydrogens is 301 g/mol. The lowest BCUT2D eigenvalue weighted by Gasteiger charge is -2.01. The number of anilines is 1. The molecule has 2 aromatic heterocycles. The quantitative estimate of drug-likeness (QED) is 0.772. The number of H-pyrrole nitrogens is 1. The third-order valence-electron chi connectivity index (χ3n) is 2.62. The van der Waals surface area contributed by atoms with E-state index in [1.807, 2.05) is 18.2 Å². The molecule has 0 aliphatic carbocycles. The van der Waals surface area contributed by atoms with Crippen LogP contribution in [0.1, 0.15) is 5.76 Å². The van der Waals surface area contributed by atoms with Crippen LogP contribution >= 0.6 is 23.2 Å². The molecule has 2 N–H and O–H groups in total. The smallest absolute Gasteiger partial charge is 0.263 e. The number of rotatable bonds is 4. The molecule has 0 atom stereocenters. The molecule has 20 heavy (non-hydrogen) atoms. The average Bonchev–Trinajstić information content (AvgIpc) is 3.07. The first-order chi connectivity index (χ1) is 9.72. The minimum Gasteiger partial charge on any atom is -0.459 e. The summed E-state index contributed by atoms with van der Waals surface area (Å²) in [6, 6.07) is 8.97. The molecule has 6 nitrogen and oxygen atoms in total. The average molecular weight is 310 g/mol. The molecule has 2 heterocycles. The van der Waals surface area contributed by atoms with Crippen LogP contribution in [0, 0.1) is 0 Å². The van der Waals surface area contributed by atoms with E-state index >= 15 is 0 Å². The van der Waals surface area contributed by atoms with E-state index < -0.39 is 0 Å². The van der Waals surface area contributed by atoms with Gasteiger partial charge in [-0.2, -0.15) is 5.21 Å². The lowest BCUT2D eigenvalue weighted by Crippen LogP contribution is -1.99. The summed E-state index contributed by atoms with van der Waals surface area (Å²) in [5.74, 6) is 1.82. The largest absolute Gasteiger partial charge is 0.459 e. The van der Waals surface area contributed by atoms with Gasteiger partial charge in [-0.3, -0.25) is 0 Å². The first-order valence-electron chi connectivity index (χ1n) is 5.74. The SMILES string of the molecule is Clc1ccc(-c2ccc(CNc3nn[nH]n3)o2)c(Cl)c1. The van der Waals surface area contributed by atoms with Gasteiger partial charge in [-0.05, 0) is 35.5 Å². The van der Waals surface area contributed by atoms with Gasteiger partial charge in [0.2, 0.25) is 0 Å². The summed E-state index contributed by atoms with van der Waals surface area (Å²) < 4.78 is 5.71. The number of aromatic amines is 1. The van der Waals surface area contributed by atoms with Crippen LogP contribution in [0.3, 0.4) is 0 Å². The van der Waals surface area contributed by atoms with Crippen molar-refractivity contribution in [2.24, 2.45) is 0 Å². The number of benzene rings is 1. The van der Waals surface area contributed by atoms with E-state index in [9.17, 15) is 0 Å². The molecule has 0 bridgehead atoms. The van der Waals surface area contributed by atoms with Crippen LogP contribution < -0.4 is 5.32 Å². The molecule has 102 valence electrons. The van der Waals surface area contributed by atoms with Crippen molar-refractivity contribution in [3.05, 3.63) is 46.1 Å². The monoisotopic (exact) mass is 309 g/mol. The summed E-state index contributed by atoms with van der Waals surface area (Å²) in [7, 11) is 0. The van der Waals surface area contributed by atoms with E-state index in [4.69, 9.17) is 27.6 Å². The molecule has 0 unspecified atom stereocenters. The highest BCUT2D eigenvalue weighted by Crippen LogP contribution is 2.31. The van der Waals surface area contributed by atoms with Crippen molar-refractivity contribution < 1.29 is 4.42 Å². The fraction of sp³-hybridized carbons (Fsp3) is 0.0833. The zero-order chi connectivity index (χ0) is 13.9. The van der Waals surface area contributed by atoms with Crippen molar-refractivity contribution in [2.45, 2.75) is 6.54 Å². The zero-order valence-electron chi connectivity index (χ0n) is 10.1. The second kappa shape index (κ2) is 5.52. The Labute approximate surface area is 124 Å². The molecule has 0 amide bonds. The van der Waals surface area contributed by atoms with Crippen molar-refractivity contribution in [1.29, 1.82) is 0 Å². The summed E-state index contributed by atoms with van der Waals surface area (Å²) in [5.41, 5.74) is 0.793. The molecule has 0 saturated carbocycles. The van der Waals surface area contributed by atoms with Crippen LogP contribution in [0.5, 0.6) is 0 Å². The van der Waals surface area contributed by atoms with E-state index in [-0.39, 0.29) is 0 Å². The Bertz CT molecular complexity index is 710. The molecule has 0 aliphatic rings. The standard InChI is InChI=1S/C12H9Cl2N5O/c13-7-1-3-9(10(14)5-7)11-4-2-8(20-11)6-15-12-16-18-19-17-12/h1-5H,6H2,(H2,15,16,17,18,19). The molecule has 0 spiro atoms. The number of aromatic nitrogens is 4. The first-order valence-corrected chi connectivity index (χ1v) is 6.49. The van der Waals surface area contributed by atoms with Gasteiger partial charge in [-0.15, -0.1) is 5.10 Å². The van der Waals surface area contributed by atoms with Crippen molar-refractivity contribution in [2.75, 3.05) is 5.32 Å². The summed E-state index contributed by atoms with van der Waals surface area (Å²) in [6.07, 6.45) is 0. The van der Waals surface area contributed by atoms with E-state index in [1.165, 1.54) is 0 Å². The Hall–Kier alpha value is -2.05. The molecule has 0 fully saturated rings. The molecule has 8 heteroatoms. The first kappa shape index (κ1) is 13.0. The maximum atomic E-state index is 6.14. The van der Waals surface area contributed by atoms with E-state index in [1.54, 1.807) is 12.1 Å². The fourth-order valence-corrected chi connectivity index (χ4v) is 2.21. The van der Waals surface area contributed by atoms with Gasteiger partial charge in [0.15, 0.2) is 0 Å². The zero-order valence-corrected chi connectivity index (χ0v) is 11.6. The number of tetrazole rings is 1. The fourth-order valence-electron chi connectivity index (χ4n) is 1.71. The normalized spacial score (nSPS) is 10.7. The lowest BCUT2D eigenvalue weighted by atomic mass is 10.2. The van der Waals surface area contributed by atoms with Crippen LogP contribution in [-0.4, -0.2) is 20.6 Å². The van der Waals surface area contributed by atoms with Crippen LogP contribution in [0.15, 0.2) is 34.7 Å². The second-order valence-corrected chi connectivity index (χ2v) is 4.82. The number of nitrogens with zero attached hydrogens (tertiary/aromatic N) is 3. The number of nitrogens with one attached hydrogen (secondary N) is 2. The van der Waals surface area contributed by atoms with Gasteiger partial charge in [0.25, 0.3) is 5.95 Å². The number of halogens is 2. The molecule has 1 aromatic carbocycles. The van der Waals surface area contributed by atoms with Crippen LogP contribution in [0.2, 0.25) is 10.0 Å². The highest BCUT2D eigenvalue weighted by molar-refractivity contribution is 6.36. The Kier molecular flexibility index (Phi) is 3.58. The predicted molar refractivity (Wildman–Crippen MR) is 75.7 cm³/mol. The predicted octanol–water partition coefficient (Wildman–Crippen LogP) is 3.38. The van der Waals surface area contributed by atoms with Crippen LogP contribution in [-0.2, 0) is 6.54 Å². The van der Waals surface area contributed by atoms with E-state index in [0.29, 0.717) is 28.3 Å². The van der Waals surface area contributed by atoms with Gasteiger partial charge < -0.3 is 9.73 Å². The van der Waals surface area contributed by atoms with Gasteiger partial charge in [0, 0.05) is 10.6 Å². The maximum absolute atomic E-state index is 6.14. The highest BCUT2D eigenvalue weighted by atomic mass is 35.5. The van der Waals surface area contributed by atoms with Gasteiger partial charge in [-0.1, -0.05) is 28.3 Å². The minimum atomic E-state index is 0.410. The molecule has 0 aliphatic heterocycles. The molecular formula is C12H9Cl2N5O. The van der Waals surface area contributed by atoms with E-state index in [0.717, 1.165) is 11.3 Å². The van der Waals surface area contributed by atoms with Crippen molar-refractivity contribution in [3.8, 4) is 11.3 Å². The topological polar surface area (TPSA) is 79.6 Å². The summed E-state index contributed by atoms with van der Waals surface area (Å²) >= 11 is 12.0. The van der Waals surface area contributed by atoms with Crippen molar-refractivity contribution in [3.63, 3.8) is 0 Å². The van der Waals surface area contributed by atoms with Gasteiger partial charge in [-0.25, -0.2) is 0 Å². The van der Waals surface area contributed by atoms with Crippen molar-refractivity contribution in [1.82, 2.24) is 20.6 Å². The molecule has 3 rings (SSSR count). The van der Waals surface area contributed by atoms with Crippen LogP contribution in [0.25, 0.3) is 11.3 Å². The second-order valence-electron chi connectivity index (χ2n) is 3.98. The summed E-state index contributed by atoms with van der Waals surface area (Å²) in [4.78, 5) is 0. The van der Waals surface area contributed by atoms with Gasteiger partial charge >= 0.3 is 0 Å². The Balaban J connectivity index is 1.76. The molecule has 3 aromatic rings. The number of hydrogen-bond donors (Lipinski definition) is 2. The summed E-state index contributed by atoms with van der Waals surface area (Å²) in [6.45, 7) is 0.449. The van der Waals surface area contributed by atoms with Gasteiger partial charge in [0.1, 0.15) is 11.5 Å². The summed E-state index contributed by atoms with van der Waals surface area (Å²) in [5, 5.41) is 17.5. The van der Waals surface area contributed by atoms with Crippen molar-refractivity contribution >= 4 is 29.2 Å². The Morgan fingerprint density at radius 2 is 2.10 bits per heavy atom. The lowest BCUT2D eigenvalue weighted by molar-refractivity contribution is 0.531. The number of furan rings is 1. The Morgan fingerprint density at radius 1 is 1.20 bits per heavy atom. The molecule has 0 saturated heterocycles. The molecule has 0 radical (unpaired) electrons. The van der Waals surface area contributed by atoms with Gasteiger partial charge in [0.05, 0.1) is 11.6 Å². The Morgan fingerprint density at radius 3 is 2.85 bits per heavy atom.